The summed E-state index contributed by atoms with van der Waals surface area (Å²) >= 11 is 14.2. The Kier molecular flexibility index (Phi) is 13.8. The molecular formula is C40H44Cl2N12O2S2. The van der Waals surface area contributed by atoms with Crippen LogP contribution >= 0.6 is 45.9 Å². The van der Waals surface area contributed by atoms with Crippen molar-refractivity contribution < 1.29 is 9.59 Å². The summed E-state index contributed by atoms with van der Waals surface area (Å²) in [5.74, 6) is 1.24. The van der Waals surface area contributed by atoms with Gasteiger partial charge in [0.05, 0.1) is 61.6 Å². The fraction of sp³-hybridized carbons (Fsp3) is 0.325. The summed E-state index contributed by atoms with van der Waals surface area (Å²) in [6.07, 6.45) is 11.9. The van der Waals surface area contributed by atoms with E-state index in [9.17, 15) is 9.59 Å². The molecule has 18 heteroatoms. The van der Waals surface area contributed by atoms with Crippen LogP contribution in [0.25, 0.3) is 11.4 Å². The van der Waals surface area contributed by atoms with Crippen molar-refractivity contribution in [3.05, 3.63) is 121 Å². The number of hydrogen-bond donors (Lipinski definition) is 3. The minimum Gasteiger partial charge on any atom is -0.357 e. The Labute approximate surface area is 354 Å². The summed E-state index contributed by atoms with van der Waals surface area (Å²) in [7, 11) is 2.15. The van der Waals surface area contributed by atoms with Crippen molar-refractivity contribution in [2.45, 2.75) is 38.8 Å². The van der Waals surface area contributed by atoms with E-state index in [2.05, 4.69) is 52.7 Å². The van der Waals surface area contributed by atoms with Crippen LogP contribution in [0.2, 0.25) is 8.67 Å². The van der Waals surface area contributed by atoms with Gasteiger partial charge in [0.2, 0.25) is 0 Å². The summed E-state index contributed by atoms with van der Waals surface area (Å²) in [5.41, 5.74) is 4.16. The molecule has 5 aromatic heterocycles. The van der Waals surface area contributed by atoms with E-state index >= 15 is 0 Å². The number of benzene rings is 1. The normalized spacial score (nSPS) is 14.7. The van der Waals surface area contributed by atoms with E-state index in [-0.39, 0.29) is 11.8 Å². The lowest BCUT2D eigenvalue weighted by Gasteiger charge is -2.29. The molecule has 14 nitrogen and oxygen atoms in total. The Morgan fingerprint density at radius 3 is 2.03 bits per heavy atom. The third-order valence-electron chi connectivity index (χ3n) is 9.78. The molecule has 0 radical (unpaired) electrons. The molecule has 2 aliphatic heterocycles. The zero-order chi connectivity index (χ0) is 40.4. The van der Waals surface area contributed by atoms with Crippen LogP contribution in [0.15, 0.2) is 85.6 Å². The van der Waals surface area contributed by atoms with Gasteiger partial charge in [-0.1, -0.05) is 28.4 Å². The third kappa shape index (κ3) is 10.9. The first kappa shape index (κ1) is 41.0. The monoisotopic (exact) mass is 858 g/mol. The number of likely N-dealkylation sites (N-methyl/N-ethyl adjacent to an activating group) is 1. The van der Waals surface area contributed by atoms with Crippen LogP contribution in [0.5, 0.6) is 0 Å². The molecule has 0 spiro atoms. The van der Waals surface area contributed by atoms with E-state index in [4.69, 9.17) is 28.6 Å². The highest BCUT2D eigenvalue weighted by Crippen LogP contribution is 2.23. The summed E-state index contributed by atoms with van der Waals surface area (Å²) in [6, 6.07) is 18.8. The number of amides is 2. The van der Waals surface area contributed by atoms with Crippen molar-refractivity contribution in [2.24, 2.45) is 0 Å². The molecule has 2 fully saturated rings. The van der Waals surface area contributed by atoms with Crippen molar-refractivity contribution in [1.29, 1.82) is 5.41 Å². The highest BCUT2D eigenvalue weighted by Gasteiger charge is 2.17. The van der Waals surface area contributed by atoms with E-state index < -0.39 is 0 Å². The molecule has 0 saturated carbocycles. The van der Waals surface area contributed by atoms with Gasteiger partial charge in [0.25, 0.3) is 11.8 Å². The fourth-order valence-corrected chi connectivity index (χ4v) is 8.48. The van der Waals surface area contributed by atoms with Crippen molar-refractivity contribution in [3.8, 4) is 11.4 Å². The molecule has 1 aromatic carbocycles. The van der Waals surface area contributed by atoms with Crippen LogP contribution < -0.4 is 15.5 Å². The summed E-state index contributed by atoms with van der Waals surface area (Å²) < 4.78 is 4.76. The number of hydrogen-bond acceptors (Lipinski definition) is 11. The molecule has 0 atom stereocenters. The molecule has 2 amide bonds. The maximum Gasteiger partial charge on any atom is 0.261 e. The predicted octanol–water partition coefficient (Wildman–Crippen LogP) is 6.78. The summed E-state index contributed by atoms with van der Waals surface area (Å²) in [4.78, 5) is 41.2. The molecule has 7 heterocycles. The molecule has 3 N–H and O–H groups in total. The van der Waals surface area contributed by atoms with E-state index in [1.807, 2.05) is 47.2 Å². The van der Waals surface area contributed by atoms with Crippen LogP contribution in [-0.4, -0.2) is 103 Å². The Morgan fingerprint density at radius 2 is 1.40 bits per heavy atom. The lowest BCUT2D eigenvalue weighted by Crippen LogP contribution is -2.35. The highest BCUT2D eigenvalue weighted by atomic mass is 35.5. The van der Waals surface area contributed by atoms with Crippen LogP contribution in [0.1, 0.15) is 62.0 Å². The molecular weight excluding hydrogens is 816 g/mol. The van der Waals surface area contributed by atoms with Gasteiger partial charge in [-0.2, -0.15) is 0 Å². The SMILES string of the molecule is CN1CCCN(c2ccc(-n3cc(CNC(=O)c4ccc(Cl)s4)nn3)cn2)CC1.N=C(c1ccc(-n2cnc(CNC(=O)c3ccc(Cl)s3)c2)cc1)N1CCCCC1. The molecule has 0 unspecified atom stereocenters. The number of nitrogens with zero attached hydrogens (tertiary/aromatic N) is 9. The molecule has 0 bridgehead atoms. The van der Waals surface area contributed by atoms with Gasteiger partial charge >= 0.3 is 0 Å². The number of pyridine rings is 1. The number of anilines is 1. The van der Waals surface area contributed by atoms with Gasteiger partial charge in [-0.25, -0.2) is 14.6 Å². The second-order valence-corrected chi connectivity index (χ2v) is 17.4. The van der Waals surface area contributed by atoms with Gasteiger partial charge < -0.3 is 29.9 Å². The molecule has 6 aromatic rings. The average molecular weight is 860 g/mol. The lowest BCUT2D eigenvalue weighted by atomic mass is 10.1. The zero-order valence-electron chi connectivity index (χ0n) is 32.0. The molecule has 8 rings (SSSR count). The van der Waals surface area contributed by atoms with E-state index in [0.717, 1.165) is 87.0 Å². The van der Waals surface area contributed by atoms with Gasteiger partial charge in [-0.3, -0.25) is 15.0 Å². The second kappa shape index (κ2) is 19.5. The van der Waals surface area contributed by atoms with Gasteiger partial charge in [0.1, 0.15) is 17.3 Å². The molecule has 2 saturated heterocycles. The number of carbonyl (C=O) groups excluding carboxylic acids is 2. The zero-order valence-corrected chi connectivity index (χ0v) is 35.1. The Balaban J connectivity index is 0.000000177. The van der Waals surface area contributed by atoms with E-state index in [0.29, 0.717) is 43.0 Å². The molecule has 302 valence electrons. The van der Waals surface area contributed by atoms with Crippen molar-refractivity contribution in [1.82, 2.24) is 50.0 Å². The average Bonchev–Trinajstić information content (AvgIpc) is 4.08. The first-order valence-corrected chi connectivity index (χ1v) is 21.4. The second-order valence-electron chi connectivity index (χ2n) is 14.0. The van der Waals surface area contributed by atoms with Gasteiger partial charge in [-0.05, 0) is 99.9 Å². The Hall–Kier alpha value is -5.13. The number of thiophene rings is 2. The quantitative estimate of drug-likeness (QED) is 0.100. The van der Waals surface area contributed by atoms with Crippen molar-refractivity contribution >= 4 is 69.3 Å². The standard InChI is InChI=1S/C21H22ClN5OS.C19H22ClN7OS/c22-19-9-8-18(29-19)21(28)24-12-16-13-27(14-25-16)17-6-4-15(5-7-17)20(23)26-10-2-1-3-11-26;1-25-7-2-8-26(10-9-25)18-6-3-15(12-21-18)27-13-14(23-24-27)11-22-19(28)16-4-5-17(20)29-16/h4-9,13-14,23H,1-3,10-12H2,(H,24,28);3-6,12-13H,2,7-11H2,1H3,(H,22,28). The largest absolute Gasteiger partial charge is 0.357 e. The lowest BCUT2D eigenvalue weighted by molar-refractivity contribution is 0.0946. The summed E-state index contributed by atoms with van der Waals surface area (Å²) in [6.45, 7) is 6.72. The maximum atomic E-state index is 12.1. The molecule has 0 aliphatic carbocycles. The number of carbonyl (C=O) groups is 2. The smallest absolute Gasteiger partial charge is 0.261 e. The van der Waals surface area contributed by atoms with E-state index in [1.54, 1.807) is 47.7 Å². The minimum absolute atomic E-state index is 0.156. The van der Waals surface area contributed by atoms with Crippen LogP contribution in [0, 0.1) is 5.41 Å². The number of aromatic nitrogens is 6. The molecule has 58 heavy (non-hydrogen) atoms. The van der Waals surface area contributed by atoms with Crippen LogP contribution in [-0.2, 0) is 13.1 Å². The number of piperidine rings is 1. The predicted molar refractivity (Wildman–Crippen MR) is 230 cm³/mol. The number of imidazole rings is 1. The van der Waals surface area contributed by atoms with Gasteiger partial charge in [0.15, 0.2) is 0 Å². The summed E-state index contributed by atoms with van der Waals surface area (Å²) in [5, 5.41) is 22.4. The van der Waals surface area contributed by atoms with Gasteiger partial charge in [0, 0.05) is 50.2 Å². The van der Waals surface area contributed by atoms with Gasteiger partial charge in [-0.15, -0.1) is 27.8 Å². The fourth-order valence-electron chi connectivity index (χ4n) is 6.56. The number of likely N-dealkylation sites (tertiary alicyclic amines) is 1. The first-order valence-electron chi connectivity index (χ1n) is 19.0. The number of halogens is 2. The maximum absolute atomic E-state index is 12.1. The number of amidine groups is 1. The number of rotatable bonds is 10. The van der Waals surface area contributed by atoms with Crippen LogP contribution in [0.4, 0.5) is 5.82 Å². The van der Waals surface area contributed by atoms with Crippen molar-refractivity contribution in [3.63, 3.8) is 0 Å². The minimum atomic E-state index is -0.175. The third-order valence-corrected chi connectivity index (χ3v) is 12.2. The Morgan fingerprint density at radius 1 is 0.724 bits per heavy atom. The van der Waals surface area contributed by atoms with E-state index in [1.165, 1.54) is 29.1 Å². The highest BCUT2D eigenvalue weighted by molar-refractivity contribution is 7.18. The number of nitrogens with one attached hydrogen (secondary N) is 3. The Bertz CT molecular complexity index is 2300. The topological polar surface area (TPSA) is 153 Å². The molecule has 2 aliphatic rings. The first-order chi connectivity index (χ1) is 28.2. The van der Waals surface area contributed by atoms with Crippen LogP contribution in [0.3, 0.4) is 0 Å². The van der Waals surface area contributed by atoms with Crippen molar-refractivity contribution in [2.75, 3.05) is 51.2 Å².